The number of benzene rings is 1. The number of hydrogen-bond acceptors (Lipinski definition) is 2. The molecule has 1 unspecified atom stereocenters. The molecule has 0 saturated heterocycles. The molecule has 0 fully saturated rings. The fourth-order valence-corrected chi connectivity index (χ4v) is 1.39. The van der Waals surface area contributed by atoms with E-state index in [1.807, 2.05) is 0 Å². The van der Waals surface area contributed by atoms with Gasteiger partial charge in [0.15, 0.2) is 0 Å². The van der Waals surface area contributed by atoms with Crippen molar-refractivity contribution in [1.29, 1.82) is 0 Å². The van der Waals surface area contributed by atoms with Crippen LogP contribution in [0.5, 0.6) is 0 Å². The van der Waals surface area contributed by atoms with Crippen LogP contribution in [0.1, 0.15) is 0 Å². The van der Waals surface area contributed by atoms with Gasteiger partial charge in [-0.25, -0.2) is 4.39 Å². The maximum Gasteiger partial charge on any atom is 0.117 e. The molecule has 5 heteroatoms. The summed E-state index contributed by atoms with van der Waals surface area (Å²) in [5.74, 6) is 0. The zero-order valence-corrected chi connectivity index (χ0v) is 9.65. The van der Waals surface area contributed by atoms with Crippen molar-refractivity contribution >= 4 is 33.2 Å². The van der Waals surface area contributed by atoms with Gasteiger partial charge in [-0.1, -0.05) is 11.6 Å². The number of rotatable bonds is 4. The lowest BCUT2D eigenvalue weighted by Gasteiger charge is -2.09. The van der Waals surface area contributed by atoms with Crippen LogP contribution < -0.4 is 5.32 Å². The third kappa shape index (κ3) is 3.44. The van der Waals surface area contributed by atoms with Gasteiger partial charge < -0.3 is 10.4 Å². The number of aliphatic hydroxyl groups excluding tert-OH is 1. The second-order valence-electron chi connectivity index (χ2n) is 2.82. The van der Waals surface area contributed by atoms with E-state index in [2.05, 4.69) is 21.2 Å². The van der Waals surface area contributed by atoms with Gasteiger partial charge >= 0.3 is 0 Å². The molecular weight excluding hydrogens is 272 g/mol. The van der Waals surface area contributed by atoms with Gasteiger partial charge in [-0.05, 0) is 34.1 Å². The summed E-state index contributed by atoms with van der Waals surface area (Å²) in [5, 5.41) is 12.5. The van der Waals surface area contributed by atoms with Crippen molar-refractivity contribution < 1.29 is 9.50 Å². The van der Waals surface area contributed by atoms with E-state index in [-0.39, 0.29) is 6.54 Å². The Hall–Kier alpha value is -0.320. The molecule has 1 aromatic carbocycles. The van der Waals surface area contributed by atoms with E-state index in [1.54, 1.807) is 18.2 Å². The summed E-state index contributed by atoms with van der Waals surface area (Å²) in [5.41, 5.74) is 0.786. The van der Waals surface area contributed by atoms with Crippen LogP contribution in [0.3, 0.4) is 0 Å². The molecule has 0 amide bonds. The second kappa shape index (κ2) is 5.53. The van der Waals surface area contributed by atoms with Gasteiger partial charge in [0, 0.05) is 16.7 Å². The van der Waals surface area contributed by atoms with E-state index in [0.717, 1.165) is 10.2 Å². The van der Waals surface area contributed by atoms with Crippen molar-refractivity contribution in [2.45, 2.75) is 6.10 Å². The number of aliphatic hydroxyl groups is 1. The maximum absolute atomic E-state index is 11.9. The van der Waals surface area contributed by atoms with Crippen molar-refractivity contribution in [1.82, 2.24) is 0 Å². The molecule has 2 nitrogen and oxygen atoms in total. The molecule has 0 aromatic heterocycles. The van der Waals surface area contributed by atoms with Crippen LogP contribution in [0.15, 0.2) is 22.7 Å². The smallest absolute Gasteiger partial charge is 0.117 e. The highest BCUT2D eigenvalue weighted by molar-refractivity contribution is 9.10. The summed E-state index contributed by atoms with van der Waals surface area (Å²) in [6.07, 6.45) is -0.968. The zero-order chi connectivity index (χ0) is 10.6. The number of halogens is 3. The number of nitrogens with one attached hydrogen (secondary N) is 1. The van der Waals surface area contributed by atoms with E-state index in [1.165, 1.54) is 0 Å². The van der Waals surface area contributed by atoms with Gasteiger partial charge in [0.25, 0.3) is 0 Å². The molecule has 0 heterocycles. The standard InChI is InChI=1S/C9H10BrClFNO/c10-8-3-6(1-2-9(8)11)13-5-7(14)4-12/h1-3,7,13-14H,4-5H2. The molecule has 0 aliphatic carbocycles. The molecule has 2 N–H and O–H groups in total. The number of anilines is 1. The third-order valence-electron chi connectivity index (χ3n) is 1.64. The van der Waals surface area contributed by atoms with Crippen molar-refractivity contribution in [3.8, 4) is 0 Å². The van der Waals surface area contributed by atoms with Crippen LogP contribution in [0, 0.1) is 0 Å². The SMILES string of the molecule is OC(CF)CNc1ccc(Cl)c(Br)c1. The summed E-state index contributed by atoms with van der Waals surface area (Å²) in [6.45, 7) is -0.563. The summed E-state index contributed by atoms with van der Waals surface area (Å²) in [6, 6.07) is 5.25. The van der Waals surface area contributed by atoms with Crippen LogP contribution >= 0.6 is 27.5 Å². The minimum Gasteiger partial charge on any atom is -0.389 e. The molecule has 0 aliphatic rings. The highest BCUT2D eigenvalue weighted by Crippen LogP contribution is 2.25. The minimum atomic E-state index is -0.968. The minimum absolute atomic E-state index is 0.185. The largest absolute Gasteiger partial charge is 0.389 e. The predicted molar refractivity (Wildman–Crippen MR) is 59.6 cm³/mol. The molecule has 1 aromatic rings. The third-order valence-corrected chi connectivity index (χ3v) is 2.85. The Morgan fingerprint density at radius 2 is 2.29 bits per heavy atom. The molecule has 1 rings (SSSR count). The molecule has 0 saturated carbocycles. The van der Waals surface area contributed by atoms with E-state index in [9.17, 15) is 4.39 Å². The molecule has 14 heavy (non-hydrogen) atoms. The van der Waals surface area contributed by atoms with Crippen LogP contribution in [0.25, 0.3) is 0 Å². The van der Waals surface area contributed by atoms with E-state index in [0.29, 0.717) is 5.02 Å². The number of alkyl halides is 1. The topological polar surface area (TPSA) is 32.3 Å². The quantitative estimate of drug-likeness (QED) is 0.890. The summed E-state index contributed by atoms with van der Waals surface area (Å²) < 4.78 is 12.7. The average Bonchev–Trinajstić information content (AvgIpc) is 2.19. The lowest BCUT2D eigenvalue weighted by atomic mass is 10.3. The molecular formula is C9H10BrClFNO. The lowest BCUT2D eigenvalue weighted by Crippen LogP contribution is -2.21. The maximum atomic E-state index is 11.9. The first-order chi connectivity index (χ1) is 6.63. The first-order valence-corrected chi connectivity index (χ1v) is 5.23. The summed E-state index contributed by atoms with van der Waals surface area (Å²) in [7, 11) is 0. The number of hydrogen-bond donors (Lipinski definition) is 2. The first kappa shape index (κ1) is 11.8. The Labute approximate surface area is 95.2 Å². The van der Waals surface area contributed by atoms with Gasteiger partial charge in [0.1, 0.15) is 6.67 Å². The van der Waals surface area contributed by atoms with Gasteiger partial charge in [0.05, 0.1) is 11.1 Å². The van der Waals surface area contributed by atoms with Crippen molar-refractivity contribution in [2.24, 2.45) is 0 Å². The van der Waals surface area contributed by atoms with Crippen LogP contribution in [0.2, 0.25) is 5.02 Å². The summed E-state index contributed by atoms with van der Waals surface area (Å²) in [4.78, 5) is 0. The Bertz CT molecular complexity index is 311. The Morgan fingerprint density at radius 1 is 1.57 bits per heavy atom. The zero-order valence-electron chi connectivity index (χ0n) is 7.30. The average molecular weight is 283 g/mol. The Balaban J connectivity index is 2.55. The Kier molecular flexibility index (Phi) is 4.65. The normalized spacial score (nSPS) is 12.6. The van der Waals surface area contributed by atoms with Gasteiger partial charge in [-0.2, -0.15) is 0 Å². The van der Waals surface area contributed by atoms with Crippen LogP contribution in [-0.2, 0) is 0 Å². The molecule has 0 radical (unpaired) electrons. The fraction of sp³-hybridized carbons (Fsp3) is 0.333. The van der Waals surface area contributed by atoms with Gasteiger partial charge in [-0.3, -0.25) is 0 Å². The predicted octanol–water partition coefficient (Wildman–Crippen LogP) is 2.84. The molecule has 0 spiro atoms. The van der Waals surface area contributed by atoms with E-state index >= 15 is 0 Å². The van der Waals surface area contributed by atoms with Crippen molar-refractivity contribution in [3.05, 3.63) is 27.7 Å². The monoisotopic (exact) mass is 281 g/mol. The fourth-order valence-electron chi connectivity index (χ4n) is 0.896. The summed E-state index contributed by atoms with van der Waals surface area (Å²) >= 11 is 9.05. The first-order valence-electron chi connectivity index (χ1n) is 4.06. The molecule has 0 aliphatic heterocycles. The van der Waals surface area contributed by atoms with Crippen molar-refractivity contribution in [3.63, 3.8) is 0 Å². The van der Waals surface area contributed by atoms with Gasteiger partial charge in [0.2, 0.25) is 0 Å². The second-order valence-corrected chi connectivity index (χ2v) is 4.08. The van der Waals surface area contributed by atoms with E-state index in [4.69, 9.17) is 16.7 Å². The molecule has 0 bridgehead atoms. The molecule has 78 valence electrons. The molecule has 1 atom stereocenters. The lowest BCUT2D eigenvalue weighted by molar-refractivity contribution is 0.151. The highest BCUT2D eigenvalue weighted by atomic mass is 79.9. The highest BCUT2D eigenvalue weighted by Gasteiger charge is 2.03. The van der Waals surface area contributed by atoms with Crippen LogP contribution in [-0.4, -0.2) is 24.4 Å². The van der Waals surface area contributed by atoms with Gasteiger partial charge in [-0.15, -0.1) is 0 Å². The van der Waals surface area contributed by atoms with E-state index < -0.39 is 12.8 Å². The van der Waals surface area contributed by atoms with Crippen LogP contribution in [0.4, 0.5) is 10.1 Å². The Morgan fingerprint density at radius 3 is 2.86 bits per heavy atom. The van der Waals surface area contributed by atoms with Crippen molar-refractivity contribution in [2.75, 3.05) is 18.5 Å².